The maximum absolute atomic E-state index is 13.5. The summed E-state index contributed by atoms with van der Waals surface area (Å²) in [5.74, 6) is 2.35. The van der Waals surface area contributed by atoms with Gasteiger partial charge in [-0.2, -0.15) is 9.97 Å². The highest BCUT2D eigenvalue weighted by Gasteiger charge is 2.27. The Balaban J connectivity index is 1.27. The second kappa shape index (κ2) is 11.7. The molecule has 0 spiro atoms. The van der Waals surface area contributed by atoms with Crippen LogP contribution in [0.5, 0.6) is 11.8 Å². The van der Waals surface area contributed by atoms with Crippen molar-refractivity contribution in [2.45, 2.75) is 19.5 Å². The average molecular weight is 546 g/mol. The van der Waals surface area contributed by atoms with E-state index in [1.54, 1.807) is 32.7 Å². The first-order valence-corrected chi connectivity index (χ1v) is 13.2. The zero-order chi connectivity index (χ0) is 28.2. The van der Waals surface area contributed by atoms with Gasteiger partial charge in [-0.1, -0.05) is 12.1 Å². The predicted octanol–water partition coefficient (Wildman–Crippen LogP) is 2.41. The van der Waals surface area contributed by atoms with Crippen LogP contribution < -0.4 is 19.7 Å². The quantitative estimate of drug-likeness (QED) is 0.336. The summed E-state index contributed by atoms with van der Waals surface area (Å²) in [6, 6.07) is 9.40. The van der Waals surface area contributed by atoms with E-state index in [0.29, 0.717) is 56.0 Å². The fraction of sp³-hybridized carbons (Fsp3) is 0.393. The molecule has 4 aromatic rings. The van der Waals surface area contributed by atoms with Crippen molar-refractivity contribution in [1.82, 2.24) is 34.1 Å². The molecule has 1 aliphatic heterocycles. The third kappa shape index (κ3) is 5.76. The molecule has 210 valence electrons. The first-order chi connectivity index (χ1) is 19.4. The number of anilines is 2. The molecule has 12 heteroatoms. The van der Waals surface area contributed by atoms with Gasteiger partial charge in [-0.25, -0.2) is 4.98 Å². The maximum Gasteiger partial charge on any atom is 0.244 e. The number of aromatic nitrogens is 5. The number of nitrogens with one attached hydrogen (secondary N) is 1. The highest BCUT2D eigenvalue weighted by molar-refractivity contribution is 5.86. The summed E-state index contributed by atoms with van der Waals surface area (Å²) >= 11 is 0. The van der Waals surface area contributed by atoms with Gasteiger partial charge in [-0.3, -0.25) is 19.1 Å². The van der Waals surface area contributed by atoms with Gasteiger partial charge in [0.1, 0.15) is 23.4 Å². The third-order valence-electron chi connectivity index (χ3n) is 7.00. The highest BCUT2D eigenvalue weighted by atomic mass is 16.5. The largest absolute Gasteiger partial charge is 0.481 e. The van der Waals surface area contributed by atoms with Crippen LogP contribution in [-0.4, -0.2) is 101 Å². The zero-order valence-electron chi connectivity index (χ0n) is 23.5. The van der Waals surface area contributed by atoms with Crippen molar-refractivity contribution in [3.8, 4) is 23.0 Å². The number of imidazole rings is 1. The fourth-order valence-corrected chi connectivity index (χ4v) is 4.76. The second-order valence-corrected chi connectivity index (χ2v) is 9.89. The molecule has 0 saturated carbocycles. The van der Waals surface area contributed by atoms with Gasteiger partial charge in [0.05, 0.1) is 33.0 Å². The highest BCUT2D eigenvalue weighted by Crippen LogP contribution is 2.30. The van der Waals surface area contributed by atoms with E-state index >= 15 is 0 Å². The van der Waals surface area contributed by atoms with E-state index in [0.717, 1.165) is 22.8 Å². The van der Waals surface area contributed by atoms with E-state index < -0.39 is 6.04 Å². The fourth-order valence-electron chi connectivity index (χ4n) is 4.76. The molecule has 3 aromatic heterocycles. The number of fused-ring (bicyclic) bond motifs is 1. The number of hydrogen-bond donors (Lipinski definition) is 1. The molecule has 0 bridgehead atoms. The molecular weight excluding hydrogens is 510 g/mol. The normalized spacial score (nSPS) is 14.7. The van der Waals surface area contributed by atoms with Crippen LogP contribution in [0.2, 0.25) is 0 Å². The van der Waals surface area contributed by atoms with Crippen molar-refractivity contribution < 1.29 is 14.3 Å². The number of carbonyl (C=O) groups excluding carboxylic acids is 1. The Labute approximate surface area is 233 Å². The van der Waals surface area contributed by atoms with Crippen molar-refractivity contribution in [3.05, 3.63) is 54.7 Å². The lowest BCUT2D eigenvalue weighted by Crippen LogP contribution is -2.52. The van der Waals surface area contributed by atoms with Crippen LogP contribution in [0.15, 0.2) is 48.9 Å². The molecule has 0 aliphatic carbocycles. The van der Waals surface area contributed by atoms with Crippen molar-refractivity contribution >= 4 is 23.1 Å². The summed E-state index contributed by atoms with van der Waals surface area (Å²) in [5.41, 5.74) is 3.54. The molecule has 4 heterocycles. The minimum absolute atomic E-state index is 0.0388. The van der Waals surface area contributed by atoms with Crippen LogP contribution in [0.1, 0.15) is 12.7 Å². The summed E-state index contributed by atoms with van der Waals surface area (Å²) in [4.78, 5) is 37.6. The van der Waals surface area contributed by atoms with Gasteiger partial charge >= 0.3 is 0 Å². The third-order valence-corrected chi connectivity index (χ3v) is 7.00. The van der Waals surface area contributed by atoms with E-state index in [1.165, 1.54) is 0 Å². The molecule has 40 heavy (non-hydrogen) atoms. The van der Waals surface area contributed by atoms with Crippen LogP contribution in [-0.2, 0) is 11.3 Å². The number of amides is 1. The van der Waals surface area contributed by atoms with Crippen LogP contribution in [0, 0.1) is 0 Å². The second-order valence-electron chi connectivity index (χ2n) is 9.89. The molecule has 1 unspecified atom stereocenters. The summed E-state index contributed by atoms with van der Waals surface area (Å²) in [7, 11) is 7.15. The Kier molecular flexibility index (Phi) is 7.96. The van der Waals surface area contributed by atoms with E-state index in [9.17, 15) is 4.79 Å². The molecule has 1 amide bonds. The molecule has 1 saturated heterocycles. The average Bonchev–Trinajstić information content (AvgIpc) is 3.35. The molecule has 1 atom stereocenters. The molecule has 12 nitrogen and oxygen atoms in total. The van der Waals surface area contributed by atoms with Gasteiger partial charge in [0.2, 0.25) is 17.7 Å². The number of rotatable bonds is 9. The Hall–Kier alpha value is -4.45. The number of ether oxygens (including phenoxy) is 2. The standard InChI is InChI=1S/C28H35N9O3/c1-19(28(38)36-14-12-35(13-15-36)18-22-31-24(39-4)16-25(32-22)40-5)30-27-26(33-23-17-29-10-11-37(23)27)20-6-8-21(9-7-20)34(2)3/h6-11,16-17,19,30H,12-15,18H2,1-5H3. The maximum atomic E-state index is 13.5. The van der Waals surface area contributed by atoms with Crippen molar-refractivity contribution in [2.75, 3.05) is 64.7 Å². The smallest absolute Gasteiger partial charge is 0.244 e. The molecule has 1 fully saturated rings. The molecule has 1 aromatic carbocycles. The molecule has 5 rings (SSSR count). The molecular formula is C28H35N9O3. The Bertz CT molecular complexity index is 1440. The lowest BCUT2D eigenvalue weighted by atomic mass is 10.1. The van der Waals surface area contributed by atoms with Crippen LogP contribution in [0.3, 0.4) is 0 Å². The van der Waals surface area contributed by atoms with Gasteiger partial charge in [0.25, 0.3) is 0 Å². The molecule has 1 aliphatic rings. The number of methoxy groups -OCH3 is 2. The first-order valence-electron chi connectivity index (χ1n) is 13.2. The summed E-state index contributed by atoms with van der Waals surface area (Å²) < 4.78 is 12.5. The van der Waals surface area contributed by atoms with Crippen molar-refractivity contribution in [1.29, 1.82) is 0 Å². The zero-order valence-corrected chi connectivity index (χ0v) is 23.5. The summed E-state index contributed by atoms with van der Waals surface area (Å²) in [5, 5.41) is 3.45. The minimum atomic E-state index is -0.453. The first kappa shape index (κ1) is 27.1. The van der Waals surface area contributed by atoms with E-state index in [-0.39, 0.29) is 5.91 Å². The van der Waals surface area contributed by atoms with Crippen LogP contribution >= 0.6 is 0 Å². The number of benzene rings is 1. The van der Waals surface area contributed by atoms with Crippen LogP contribution in [0.25, 0.3) is 16.9 Å². The lowest BCUT2D eigenvalue weighted by Gasteiger charge is -2.35. The summed E-state index contributed by atoms with van der Waals surface area (Å²) in [6.07, 6.45) is 5.29. The van der Waals surface area contributed by atoms with Crippen molar-refractivity contribution in [2.24, 2.45) is 0 Å². The number of nitrogens with zero attached hydrogens (tertiary/aromatic N) is 8. The SMILES string of the molecule is COc1cc(OC)nc(CN2CCN(C(=O)C(C)Nc3c(-c4ccc(N(C)C)cc4)nc4cnccn34)CC2)n1. The van der Waals surface area contributed by atoms with E-state index in [1.807, 2.05) is 48.6 Å². The Morgan fingerprint density at radius 2 is 1.70 bits per heavy atom. The Morgan fingerprint density at radius 3 is 2.33 bits per heavy atom. The minimum Gasteiger partial charge on any atom is -0.481 e. The summed E-state index contributed by atoms with van der Waals surface area (Å²) in [6.45, 7) is 5.10. The predicted molar refractivity (Wildman–Crippen MR) is 153 cm³/mol. The monoisotopic (exact) mass is 545 g/mol. The number of carbonyl (C=O) groups is 1. The van der Waals surface area contributed by atoms with Gasteiger partial charge in [0.15, 0.2) is 5.65 Å². The lowest BCUT2D eigenvalue weighted by molar-refractivity contribution is -0.133. The number of hydrogen-bond acceptors (Lipinski definition) is 10. The van der Waals surface area contributed by atoms with Crippen LogP contribution in [0.4, 0.5) is 11.5 Å². The van der Waals surface area contributed by atoms with Gasteiger partial charge in [0, 0.05) is 63.9 Å². The molecule has 0 radical (unpaired) electrons. The Morgan fingerprint density at radius 1 is 1.02 bits per heavy atom. The molecule has 1 N–H and O–H groups in total. The number of piperazine rings is 1. The van der Waals surface area contributed by atoms with E-state index in [4.69, 9.17) is 14.5 Å². The van der Waals surface area contributed by atoms with Gasteiger partial charge in [-0.15, -0.1) is 0 Å². The topological polar surface area (TPSA) is 113 Å². The van der Waals surface area contributed by atoms with Crippen molar-refractivity contribution in [3.63, 3.8) is 0 Å². The van der Waals surface area contributed by atoms with E-state index in [2.05, 4.69) is 42.2 Å². The van der Waals surface area contributed by atoms with Gasteiger partial charge in [-0.05, 0) is 19.1 Å². The van der Waals surface area contributed by atoms with Gasteiger partial charge < -0.3 is 24.6 Å².